The van der Waals surface area contributed by atoms with E-state index in [1.807, 2.05) is 0 Å². The van der Waals surface area contributed by atoms with Crippen LogP contribution in [0.5, 0.6) is 17.2 Å². The molecule has 0 saturated heterocycles. The van der Waals surface area contributed by atoms with Crippen molar-refractivity contribution in [2.45, 2.75) is 6.92 Å². The molecule has 0 spiro atoms. The molecule has 0 saturated carbocycles. The highest BCUT2D eigenvalue weighted by atomic mass is 16.5. The number of carbonyl (C=O) groups excluding carboxylic acids is 2. The van der Waals surface area contributed by atoms with Crippen LogP contribution in [0.3, 0.4) is 0 Å². The van der Waals surface area contributed by atoms with Gasteiger partial charge in [-0.3, -0.25) is 9.59 Å². The first-order chi connectivity index (χ1) is 11.5. The molecule has 6 nitrogen and oxygen atoms in total. The van der Waals surface area contributed by atoms with Gasteiger partial charge in [0.05, 0.1) is 19.9 Å². The minimum Gasteiger partial charge on any atom is -0.497 e. The molecule has 2 rings (SSSR count). The van der Waals surface area contributed by atoms with Gasteiger partial charge in [-0.15, -0.1) is 0 Å². The van der Waals surface area contributed by atoms with Crippen LogP contribution in [0.2, 0.25) is 0 Å². The summed E-state index contributed by atoms with van der Waals surface area (Å²) in [5.74, 6) is 1.29. The Morgan fingerprint density at radius 1 is 0.958 bits per heavy atom. The van der Waals surface area contributed by atoms with Crippen molar-refractivity contribution in [1.82, 2.24) is 0 Å². The molecule has 0 bridgehead atoms. The van der Waals surface area contributed by atoms with Gasteiger partial charge in [-0.2, -0.15) is 0 Å². The van der Waals surface area contributed by atoms with E-state index >= 15 is 0 Å². The summed E-state index contributed by atoms with van der Waals surface area (Å²) in [6.07, 6.45) is 0. The quantitative estimate of drug-likeness (QED) is 0.791. The summed E-state index contributed by atoms with van der Waals surface area (Å²) in [5.41, 5.74) is 1.12. The number of benzene rings is 2. The molecule has 0 atom stereocenters. The summed E-state index contributed by atoms with van der Waals surface area (Å²) in [6, 6.07) is 11.7. The Kier molecular flexibility index (Phi) is 5.78. The number of amides is 1. The normalized spacial score (nSPS) is 9.96. The van der Waals surface area contributed by atoms with Crippen LogP contribution in [-0.4, -0.2) is 32.5 Å². The highest BCUT2D eigenvalue weighted by Crippen LogP contribution is 2.28. The third kappa shape index (κ3) is 4.49. The van der Waals surface area contributed by atoms with Gasteiger partial charge < -0.3 is 19.5 Å². The van der Waals surface area contributed by atoms with E-state index in [0.717, 1.165) is 0 Å². The van der Waals surface area contributed by atoms with Crippen LogP contribution in [0.25, 0.3) is 0 Å². The zero-order chi connectivity index (χ0) is 17.5. The van der Waals surface area contributed by atoms with Gasteiger partial charge in [-0.1, -0.05) is 0 Å². The number of Topliss-reactive ketones (excluding diaryl/α,β-unsaturated/α-hetero) is 1. The molecule has 0 fully saturated rings. The predicted octanol–water partition coefficient (Wildman–Crippen LogP) is 2.92. The van der Waals surface area contributed by atoms with Crippen molar-refractivity contribution in [2.24, 2.45) is 0 Å². The van der Waals surface area contributed by atoms with Crippen molar-refractivity contribution in [1.29, 1.82) is 0 Å². The van der Waals surface area contributed by atoms with Gasteiger partial charge in [0.1, 0.15) is 17.2 Å². The van der Waals surface area contributed by atoms with Gasteiger partial charge in [-0.05, 0) is 43.3 Å². The number of anilines is 1. The molecule has 2 aromatic rings. The lowest BCUT2D eigenvalue weighted by atomic mass is 10.1. The zero-order valence-corrected chi connectivity index (χ0v) is 13.8. The topological polar surface area (TPSA) is 73.9 Å². The van der Waals surface area contributed by atoms with Crippen LogP contribution in [0.1, 0.15) is 17.3 Å². The number of hydrogen-bond acceptors (Lipinski definition) is 5. The molecule has 24 heavy (non-hydrogen) atoms. The molecule has 0 unspecified atom stereocenters. The lowest BCUT2D eigenvalue weighted by molar-refractivity contribution is -0.118. The molecule has 0 aliphatic heterocycles. The second-order valence-corrected chi connectivity index (χ2v) is 4.98. The summed E-state index contributed by atoms with van der Waals surface area (Å²) in [7, 11) is 3.07. The fourth-order valence-electron chi connectivity index (χ4n) is 2.02. The average Bonchev–Trinajstić information content (AvgIpc) is 2.60. The fraction of sp³-hybridized carbons (Fsp3) is 0.222. The first kappa shape index (κ1) is 17.3. The second-order valence-electron chi connectivity index (χ2n) is 4.98. The number of rotatable bonds is 7. The van der Waals surface area contributed by atoms with Crippen molar-refractivity contribution in [3.05, 3.63) is 48.0 Å². The summed E-state index contributed by atoms with van der Waals surface area (Å²) >= 11 is 0. The van der Waals surface area contributed by atoms with Gasteiger partial charge in [0.25, 0.3) is 5.91 Å². The van der Waals surface area contributed by atoms with Crippen LogP contribution in [0.15, 0.2) is 42.5 Å². The van der Waals surface area contributed by atoms with Crippen molar-refractivity contribution < 1.29 is 23.8 Å². The lowest BCUT2D eigenvalue weighted by Crippen LogP contribution is -2.20. The molecule has 126 valence electrons. The largest absolute Gasteiger partial charge is 0.497 e. The minimum absolute atomic E-state index is 0.0223. The Labute approximate surface area is 140 Å². The summed E-state index contributed by atoms with van der Waals surface area (Å²) in [6.45, 7) is 1.33. The maximum absolute atomic E-state index is 12.0. The molecule has 0 aromatic heterocycles. The molecule has 1 N–H and O–H groups in total. The molecule has 0 heterocycles. The van der Waals surface area contributed by atoms with Crippen LogP contribution >= 0.6 is 0 Å². The van der Waals surface area contributed by atoms with Gasteiger partial charge in [0.15, 0.2) is 12.4 Å². The second kappa shape index (κ2) is 8.01. The van der Waals surface area contributed by atoms with E-state index in [-0.39, 0.29) is 18.3 Å². The maximum atomic E-state index is 12.0. The van der Waals surface area contributed by atoms with E-state index in [9.17, 15) is 9.59 Å². The summed E-state index contributed by atoms with van der Waals surface area (Å²) < 4.78 is 15.7. The SMILES string of the molecule is COc1ccc(NC(=O)COc2ccc(C(C)=O)cc2)c(OC)c1. The number of ether oxygens (including phenoxy) is 3. The van der Waals surface area contributed by atoms with Gasteiger partial charge in [-0.25, -0.2) is 0 Å². The minimum atomic E-state index is -0.325. The lowest BCUT2D eigenvalue weighted by Gasteiger charge is -2.12. The fourth-order valence-corrected chi connectivity index (χ4v) is 2.02. The number of ketones is 1. The molecule has 0 radical (unpaired) electrons. The molecular formula is C18H19NO5. The summed E-state index contributed by atoms with van der Waals surface area (Å²) in [5, 5.41) is 2.71. The molecule has 2 aromatic carbocycles. The number of hydrogen-bond donors (Lipinski definition) is 1. The molecule has 0 aliphatic carbocycles. The molecule has 0 aliphatic rings. The van der Waals surface area contributed by atoms with Gasteiger partial charge in [0, 0.05) is 11.6 Å². The van der Waals surface area contributed by atoms with Crippen molar-refractivity contribution in [2.75, 3.05) is 26.1 Å². The first-order valence-electron chi connectivity index (χ1n) is 7.29. The Hall–Kier alpha value is -3.02. The van der Waals surface area contributed by atoms with Gasteiger partial charge >= 0.3 is 0 Å². The van der Waals surface area contributed by atoms with Crippen LogP contribution in [0, 0.1) is 0 Å². The number of nitrogens with one attached hydrogen (secondary N) is 1. The van der Waals surface area contributed by atoms with Crippen molar-refractivity contribution in [3.8, 4) is 17.2 Å². The zero-order valence-electron chi connectivity index (χ0n) is 13.8. The smallest absolute Gasteiger partial charge is 0.262 e. The summed E-state index contributed by atoms with van der Waals surface area (Å²) in [4.78, 5) is 23.2. The van der Waals surface area contributed by atoms with E-state index in [0.29, 0.717) is 28.5 Å². The Morgan fingerprint density at radius 2 is 1.62 bits per heavy atom. The van der Waals surface area contributed by atoms with Crippen LogP contribution in [-0.2, 0) is 4.79 Å². The average molecular weight is 329 g/mol. The van der Waals surface area contributed by atoms with Crippen LogP contribution < -0.4 is 19.5 Å². The van der Waals surface area contributed by atoms with E-state index in [2.05, 4.69) is 5.32 Å². The Morgan fingerprint density at radius 3 is 2.21 bits per heavy atom. The van der Waals surface area contributed by atoms with Gasteiger partial charge in [0.2, 0.25) is 0 Å². The number of methoxy groups -OCH3 is 2. The third-order valence-corrected chi connectivity index (χ3v) is 3.31. The highest BCUT2D eigenvalue weighted by molar-refractivity contribution is 5.94. The monoisotopic (exact) mass is 329 g/mol. The maximum Gasteiger partial charge on any atom is 0.262 e. The van der Waals surface area contributed by atoms with E-state index < -0.39 is 0 Å². The third-order valence-electron chi connectivity index (χ3n) is 3.31. The Balaban J connectivity index is 1.94. The predicted molar refractivity (Wildman–Crippen MR) is 90.1 cm³/mol. The number of carbonyl (C=O) groups is 2. The van der Waals surface area contributed by atoms with Crippen molar-refractivity contribution in [3.63, 3.8) is 0 Å². The molecular weight excluding hydrogens is 310 g/mol. The van der Waals surface area contributed by atoms with E-state index in [1.54, 1.807) is 49.6 Å². The first-order valence-corrected chi connectivity index (χ1v) is 7.29. The Bertz CT molecular complexity index is 725. The highest BCUT2D eigenvalue weighted by Gasteiger charge is 2.10. The standard InChI is InChI=1S/C18H19NO5/c1-12(20)13-4-6-14(7-5-13)24-11-18(21)19-16-9-8-15(22-2)10-17(16)23-3/h4-10H,11H2,1-3H3,(H,19,21). The van der Waals surface area contributed by atoms with E-state index in [4.69, 9.17) is 14.2 Å². The van der Waals surface area contributed by atoms with Crippen LogP contribution in [0.4, 0.5) is 5.69 Å². The van der Waals surface area contributed by atoms with E-state index in [1.165, 1.54) is 14.0 Å². The molecule has 1 amide bonds. The molecule has 6 heteroatoms. The van der Waals surface area contributed by atoms with Crippen molar-refractivity contribution >= 4 is 17.4 Å².